The molecule has 11 heteroatoms. The molecule has 1 saturated heterocycles. The quantitative estimate of drug-likeness (QED) is 0.211. The van der Waals surface area contributed by atoms with E-state index in [2.05, 4.69) is 50.4 Å². The van der Waals surface area contributed by atoms with Gasteiger partial charge in [0.1, 0.15) is 12.1 Å². The summed E-state index contributed by atoms with van der Waals surface area (Å²) in [5, 5.41) is 29.4. The van der Waals surface area contributed by atoms with E-state index in [0.717, 1.165) is 44.9 Å². The highest BCUT2D eigenvalue weighted by atomic mass is 16.7. The van der Waals surface area contributed by atoms with Gasteiger partial charge in [0.2, 0.25) is 11.8 Å². The first-order valence-corrected chi connectivity index (χ1v) is 18.5. The van der Waals surface area contributed by atoms with Gasteiger partial charge in [-0.25, -0.2) is 0 Å². The summed E-state index contributed by atoms with van der Waals surface area (Å²) in [6.45, 7) is 9.81. The van der Waals surface area contributed by atoms with Crippen molar-refractivity contribution in [3.8, 4) is 0 Å². The van der Waals surface area contributed by atoms with E-state index < -0.39 is 24.2 Å². The number of nitrogens with zero attached hydrogens (tertiary/aromatic N) is 2. The van der Waals surface area contributed by atoms with Crippen molar-refractivity contribution in [2.45, 2.75) is 115 Å². The molecular formula is C36H65N5O6. The zero-order valence-electron chi connectivity index (χ0n) is 30.1. The monoisotopic (exact) mass is 663 g/mol. The van der Waals surface area contributed by atoms with Gasteiger partial charge in [-0.2, -0.15) is 5.06 Å². The van der Waals surface area contributed by atoms with Crippen molar-refractivity contribution in [1.29, 1.82) is 0 Å². The lowest BCUT2D eigenvalue weighted by Gasteiger charge is -2.62. The highest BCUT2D eigenvalue weighted by molar-refractivity contribution is 5.83. The third kappa shape index (κ3) is 7.42. The molecule has 1 aliphatic heterocycles. The second kappa shape index (κ2) is 15.3. The number of aliphatic hydroxyl groups is 2. The molecule has 5 aliphatic carbocycles. The maximum atomic E-state index is 14.2. The summed E-state index contributed by atoms with van der Waals surface area (Å²) >= 11 is 0. The van der Waals surface area contributed by atoms with E-state index in [9.17, 15) is 19.8 Å². The van der Waals surface area contributed by atoms with E-state index in [4.69, 9.17) is 15.3 Å². The van der Waals surface area contributed by atoms with E-state index in [1.54, 1.807) is 19.1 Å². The molecule has 0 aromatic rings. The van der Waals surface area contributed by atoms with Gasteiger partial charge in [0.25, 0.3) is 0 Å². The molecular weight excluding hydrogens is 598 g/mol. The molecule has 6 unspecified atom stereocenters. The smallest absolute Gasteiger partial charge is 0.240 e. The molecule has 2 amide bonds. The van der Waals surface area contributed by atoms with Gasteiger partial charge in [0, 0.05) is 56.6 Å². The van der Waals surface area contributed by atoms with Crippen LogP contribution in [0.4, 0.5) is 0 Å². The molecule has 0 aromatic carbocycles. The summed E-state index contributed by atoms with van der Waals surface area (Å²) in [5.74, 6) is 1.68. The highest BCUT2D eigenvalue weighted by Gasteiger charge is 2.58. The van der Waals surface area contributed by atoms with Gasteiger partial charge in [-0.1, -0.05) is 27.2 Å². The van der Waals surface area contributed by atoms with E-state index in [1.807, 2.05) is 0 Å². The summed E-state index contributed by atoms with van der Waals surface area (Å²) < 4.78 is 6.32. The molecule has 1 heterocycles. The van der Waals surface area contributed by atoms with Gasteiger partial charge < -0.3 is 36.2 Å². The standard InChI is InChI=1S/C36H65N5O6/c1-20-28-16-25(36(28,3)4)17-29(20)39-35(45)32-31(21(2)43)30(19-42)47-41(32)18-22-9-8-10-27(33(22)46-7)23-13-24(34(44)38-12-11-37)15-26(14-23)40(5)6/h20-33,42-43H,8-19,37H2,1-7H3,(H,38,44)(H,39,45)/t20-,21-,22?,23?,24?,25+,26?,27?,28-,29-,30-,31-,32-,33?/m0/s1. The van der Waals surface area contributed by atoms with E-state index in [-0.39, 0.29) is 48.3 Å². The van der Waals surface area contributed by atoms with Gasteiger partial charge in [-0.15, -0.1) is 0 Å². The van der Waals surface area contributed by atoms with Crippen LogP contribution in [0.25, 0.3) is 0 Å². The van der Waals surface area contributed by atoms with Gasteiger partial charge in [0.05, 0.1) is 18.8 Å². The van der Waals surface area contributed by atoms with Gasteiger partial charge >= 0.3 is 0 Å². The van der Waals surface area contributed by atoms with Crippen LogP contribution >= 0.6 is 0 Å². The number of amides is 2. The second-order valence-corrected chi connectivity index (χ2v) is 16.7. The number of hydroxylamine groups is 2. The first-order valence-electron chi connectivity index (χ1n) is 18.5. The molecule has 0 spiro atoms. The van der Waals surface area contributed by atoms with Crippen molar-refractivity contribution in [3.05, 3.63) is 0 Å². The Morgan fingerprint density at radius 3 is 2.47 bits per heavy atom. The van der Waals surface area contributed by atoms with Gasteiger partial charge in [-0.05, 0) is 101 Å². The lowest BCUT2D eigenvalue weighted by molar-refractivity contribution is -0.193. The Morgan fingerprint density at radius 1 is 1.13 bits per heavy atom. The normalized spacial score (nSPS) is 42.5. The minimum atomic E-state index is -0.825. The Bertz CT molecular complexity index is 1070. The fraction of sp³-hybridized carbons (Fsp3) is 0.944. The molecule has 14 atom stereocenters. The Balaban J connectivity index is 1.32. The number of nitrogens with one attached hydrogen (secondary N) is 2. The number of ether oxygens (including phenoxy) is 1. The molecule has 0 aromatic heterocycles. The summed E-state index contributed by atoms with van der Waals surface area (Å²) in [7, 11) is 5.99. The fourth-order valence-electron chi connectivity index (χ4n) is 10.8. The van der Waals surface area contributed by atoms with Crippen molar-refractivity contribution in [1.82, 2.24) is 20.6 Å². The Hall–Kier alpha value is -1.34. The van der Waals surface area contributed by atoms with Crippen LogP contribution in [0.2, 0.25) is 0 Å². The predicted octanol–water partition coefficient (Wildman–Crippen LogP) is 2.00. The Labute approximate surface area is 283 Å². The number of hydrogen-bond donors (Lipinski definition) is 5. The number of carbonyl (C=O) groups is 2. The summed E-state index contributed by atoms with van der Waals surface area (Å²) in [5.41, 5.74) is 6.00. The number of hydrogen-bond acceptors (Lipinski definition) is 9. The molecule has 5 saturated carbocycles. The highest BCUT2D eigenvalue weighted by Crippen LogP contribution is 2.61. The van der Waals surface area contributed by atoms with Crippen LogP contribution in [0.3, 0.4) is 0 Å². The number of carbonyl (C=O) groups excluding carboxylic acids is 2. The summed E-state index contributed by atoms with van der Waals surface area (Å²) in [6.07, 6.45) is 6.38. The number of rotatable bonds is 12. The maximum absolute atomic E-state index is 14.2. The first-order chi connectivity index (χ1) is 22.3. The van der Waals surface area contributed by atoms with Crippen molar-refractivity contribution in [3.63, 3.8) is 0 Å². The lowest BCUT2D eigenvalue weighted by atomic mass is 9.45. The van der Waals surface area contributed by atoms with Crippen LogP contribution in [0.1, 0.15) is 79.1 Å². The minimum absolute atomic E-state index is 0.0550. The Kier molecular flexibility index (Phi) is 12.0. The summed E-state index contributed by atoms with van der Waals surface area (Å²) in [6, 6.07) is -0.293. The average Bonchev–Trinajstić information content (AvgIpc) is 3.42. The van der Waals surface area contributed by atoms with E-state index >= 15 is 0 Å². The largest absolute Gasteiger partial charge is 0.394 e. The third-order valence-electron chi connectivity index (χ3n) is 13.6. The van der Waals surface area contributed by atoms with Crippen molar-refractivity contribution in [2.75, 3.05) is 47.4 Å². The number of methoxy groups -OCH3 is 1. The first kappa shape index (κ1) is 36.9. The number of aliphatic hydroxyl groups excluding tert-OH is 2. The van der Waals surface area contributed by atoms with Crippen molar-refractivity contribution in [2.24, 2.45) is 58.5 Å². The topological polar surface area (TPSA) is 150 Å². The van der Waals surface area contributed by atoms with E-state index in [1.165, 1.54) is 6.42 Å². The molecule has 6 N–H and O–H groups in total. The molecule has 2 bridgehead atoms. The average molecular weight is 664 g/mol. The molecule has 270 valence electrons. The van der Waals surface area contributed by atoms with Crippen molar-refractivity contribution < 1.29 is 29.4 Å². The van der Waals surface area contributed by atoms with Gasteiger partial charge in [0.15, 0.2) is 0 Å². The van der Waals surface area contributed by atoms with Crippen LogP contribution in [0.5, 0.6) is 0 Å². The van der Waals surface area contributed by atoms with Crippen LogP contribution in [0.15, 0.2) is 0 Å². The zero-order valence-corrected chi connectivity index (χ0v) is 30.1. The maximum Gasteiger partial charge on any atom is 0.240 e. The van der Waals surface area contributed by atoms with Crippen LogP contribution in [-0.2, 0) is 19.2 Å². The minimum Gasteiger partial charge on any atom is -0.394 e. The molecule has 6 fully saturated rings. The van der Waals surface area contributed by atoms with Crippen LogP contribution in [0, 0.1) is 52.8 Å². The van der Waals surface area contributed by atoms with Crippen molar-refractivity contribution >= 4 is 11.8 Å². The lowest BCUT2D eigenvalue weighted by Crippen LogP contribution is -2.62. The SMILES string of the molecule is COC1C(CN2O[C@@H](CO)[C@H]([C@H](C)O)[C@H]2C(=O)N[C@H]2C[C@H]3C[C@@H]([C@@H]2C)C3(C)C)CCCC1C1CC(C(=O)NCCN)CC(N(C)C)C1. The molecule has 47 heavy (non-hydrogen) atoms. The van der Waals surface area contributed by atoms with Gasteiger partial charge in [-0.3, -0.25) is 14.4 Å². The number of nitrogens with two attached hydrogens (primary N) is 1. The predicted molar refractivity (Wildman–Crippen MR) is 181 cm³/mol. The molecule has 0 radical (unpaired) electrons. The van der Waals surface area contributed by atoms with E-state index in [0.29, 0.717) is 54.8 Å². The van der Waals surface area contributed by atoms with Crippen LogP contribution < -0.4 is 16.4 Å². The molecule has 6 rings (SSSR count). The Morgan fingerprint density at radius 2 is 1.87 bits per heavy atom. The second-order valence-electron chi connectivity index (χ2n) is 16.7. The third-order valence-corrected chi connectivity index (χ3v) is 13.6. The zero-order chi connectivity index (χ0) is 34.2. The molecule has 11 nitrogen and oxygen atoms in total. The number of fused-ring (bicyclic) bond motifs is 2. The fourth-order valence-corrected chi connectivity index (χ4v) is 10.8. The van der Waals surface area contributed by atoms with Crippen LogP contribution in [-0.4, -0.2) is 116 Å². The summed E-state index contributed by atoms with van der Waals surface area (Å²) in [4.78, 5) is 35.9. The molecule has 6 aliphatic rings.